The topological polar surface area (TPSA) is 29.9 Å². The summed E-state index contributed by atoms with van der Waals surface area (Å²) in [6.07, 6.45) is 1.88. The smallest absolute Gasteiger partial charge is 0.309 e. The van der Waals surface area contributed by atoms with Gasteiger partial charge in [0.25, 0.3) is 0 Å². The van der Waals surface area contributed by atoms with Gasteiger partial charge in [0.15, 0.2) is 0 Å². The Morgan fingerprint density at radius 3 is 2.65 bits per heavy atom. The van der Waals surface area contributed by atoms with E-state index in [1.165, 1.54) is 0 Å². The van der Waals surface area contributed by atoms with Crippen molar-refractivity contribution < 1.29 is 13.2 Å². The Bertz CT molecular complexity index is 362. The van der Waals surface area contributed by atoms with Gasteiger partial charge in [-0.25, -0.2) is 0 Å². The first kappa shape index (κ1) is 14.4. The number of thioether (sulfide) groups is 1. The summed E-state index contributed by atoms with van der Waals surface area (Å²) in [5.41, 5.74) is -2.23. The lowest BCUT2D eigenvalue weighted by molar-refractivity contribution is -0.0327. The zero-order valence-electron chi connectivity index (χ0n) is 10.0. The van der Waals surface area contributed by atoms with E-state index in [1.54, 1.807) is 4.68 Å². The van der Waals surface area contributed by atoms with E-state index >= 15 is 0 Å². The van der Waals surface area contributed by atoms with Crippen molar-refractivity contribution in [3.63, 3.8) is 0 Å². The van der Waals surface area contributed by atoms with Crippen LogP contribution in [-0.4, -0.2) is 27.6 Å². The maximum Gasteiger partial charge on any atom is 0.441 e. The molecular weight excluding hydrogens is 251 g/mol. The highest BCUT2D eigenvalue weighted by Gasteiger charge is 2.27. The zero-order chi connectivity index (χ0) is 13.1. The average molecular weight is 267 g/mol. The van der Waals surface area contributed by atoms with E-state index in [-0.39, 0.29) is 23.6 Å². The minimum absolute atomic E-state index is 0.00318. The molecule has 0 radical (unpaired) electrons. The summed E-state index contributed by atoms with van der Waals surface area (Å²) in [7, 11) is 1.82. The van der Waals surface area contributed by atoms with Crippen LogP contribution in [0.5, 0.6) is 0 Å². The van der Waals surface area contributed by atoms with Gasteiger partial charge in [-0.15, -0.1) is 0 Å². The number of halogens is 3. The Balaban J connectivity index is 2.35. The molecule has 98 valence electrons. The summed E-state index contributed by atoms with van der Waals surface area (Å²) in [6, 6.07) is 0.0116. The van der Waals surface area contributed by atoms with Gasteiger partial charge in [-0.3, -0.25) is 4.68 Å². The summed E-state index contributed by atoms with van der Waals surface area (Å²) in [6.45, 7) is 4.12. The third-order valence-electron chi connectivity index (χ3n) is 2.34. The standard InChI is InChI=1S/C10H16F3N3S/c1-7(9-6-16(3)15-8(9)2)14-4-5-17-10(11,12)13/h6-7,14H,4-5H2,1-3H3. The second-order valence-electron chi connectivity index (χ2n) is 3.81. The summed E-state index contributed by atoms with van der Waals surface area (Å²) < 4.78 is 37.4. The molecule has 1 N–H and O–H groups in total. The lowest BCUT2D eigenvalue weighted by Crippen LogP contribution is -2.22. The highest BCUT2D eigenvalue weighted by atomic mass is 32.2. The Labute approximate surface area is 103 Å². The van der Waals surface area contributed by atoms with Gasteiger partial charge in [-0.1, -0.05) is 0 Å². The zero-order valence-corrected chi connectivity index (χ0v) is 10.8. The molecule has 1 unspecified atom stereocenters. The largest absolute Gasteiger partial charge is 0.441 e. The van der Waals surface area contributed by atoms with E-state index < -0.39 is 5.51 Å². The fourth-order valence-corrected chi connectivity index (χ4v) is 2.05. The molecule has 0 bridgehead atoms. The van der Waals surface area contributed by atoms with Crippen LogP contribution in [0.25, 0.3) is 0 Å². The molecule has 1 aromatic heterocycles. The molecule has 1 atom stereocenters. The van der Waals surface area contributed by atoms with Gasteiger partial charge < -0.3 is 5.32 Å². The third kappa shape index (κ3) is 4.99. The van der Waals surface area contributed by atoms with E-state index in [0.29, 0.717) is 6.54 Å². The molecule has 0 aromatic carbocycles. The normalized spacial score (nSPS) is 14.0. The second-order valence-corrected chi connectivity index (χ2v) is 4.97. The van der Waals surface area contributed by atoms with Crippen LogP contribution in [0.3, 0.4) is 0 Å². The Hall–Kier alpha value is -0.690. The van der Waals surface area contributed by atoms with Gasteiger partial charge in [0.05, 0.1) is 5.69 Å². The summed E-state index contributed by atoms with van der Waals surface area (Å²) >= 11 is -0.00318. The minimum Gasteiger partial charge on any atom is -0.309 e. The number of nitrogens with one attached hydrogen (secondary N) is 1. The van der Waals surface area contributed by atoms with Crippen molar-refractivity contribution in [3.05, 3.63) is 17.5 Å². The average Bonchev–Trinajstić information content (AvgIpc) is 2.51. The lowest BCUT2D eigenvalue weighted by Gasteiger charge is -2.13. The Morgan fingerprint density at radius 2 is 2.18 bits per heavy atom. The van der Waals surface area contributed by atoms with Crippen molar-refractivity contribution in [1.29, 1.82) is 0 Å². The van der Waals surface area contributed by atoms with Crippen LogP contribution >= 0.6 is 11.8 Å². The van der Waals surface area contributed by atoms with E-state index in [9.17, 15) is 13.2 Å². The first-order valence-electron chi connectivity index (χ1n) is 5.24. The molecular formula is C10H16F3N3S. The monoisotopic (exact) mass is 267 g/mol. The number of hydrogen-bond acceptors (Lipinski definition) is 3. The van der Waals surface area contributed by atoms with Gasteiger partial charge in [-0.2, -0.15) is 18.3 Å². The summed E-state index contributed by atoms with van der Waals surface area (Å²) in [4.78, 5) is 0. The van der Waals surface area contributed by atoms with Crippen LogP contribution in [-0.2, 0) is 7.05 Å². The molecule has 0 amide bonds. The van der Waals surface area contributed by atoms with Crippen molar-refractivity contribution >= 4 is 11.8 Å². The van der Waals surface area contributed by atoms with Gasteiger partial charge in [0.1, 0.15) is 0 Å². The number of alkyl halides is 3. The first-order chi connectivity index (χ1) is 7.79. The predicted molar refractivity (Wildman–Crippen MR) is 62.9 cm³/mol. The SMILES string of the molecule is Cc1nn(C)cc1C(C)NCCSC(F)(F)F. The van der Waals surface area contributed by atoms with Crippen LogP contribution in [0.15, 0.2) is 6.20 Å². The predicted octanol–water partition coefficient (Wildman–Crippen LogP) is 2.63. The van der Waals surface area contributed by atoms with Crippen molar-refractivity contribution in [1.82, 2.24) is 15.1 Å². The molecule has 0 spiro atoms. The van der Waals surface area contributed by atoms with Crippen LogP contribution in [0.2, 0.25) is 0 Å². The molecule has 17 heavy (non-hydrogen) atoms. The molecule has 1 aromatic rings. The molecule has 0 saturated heterocycles. The number of rotatable bonds is 5. The number of hydrogen-bond donors (Lipinski definition) is 1. The van der Waals surface area contributed by atoms with Gasteiger partial charge >= 0.3 is 5.51 Å². The van der Waals surface area contributed by atoms with Crippen LogP contribution in [0.4, 0.5) is 13.2 Å². The summed E-state index contributed by atoms with van der Waals surface area (Å²) in [5, 5.41) is 7.24. The maximum atomic E-state index is 11.9. The van der Waals surface area contributed by atoms with Crippen LogP contribution in [0, 0.1) is 6.92 Å². The Morgan fingerprint density at radius 1 is 1.53 bits per heavy atom. The number of aryl methyl sites for hydroxylation is 2. The quantitative estimate of drug-likeness (QED) is 0.832. The fourth-order valence-electron chi connectivity index (χ4n) is 1.60. The van der Waals surface area contributed by atoms with E-state index in [1.807, 2.05) is 27.1 Å². The maximum absolute atomic E-state index is 11.9. The molecule has 1 heterocycles. The van der Waals surface area contributed by atoms with E-state index in [2.05, 4.69) is 10.4 Å². The lowest BCUT2D eigenvalue weighted by atomic mass is 10.1. The fraction of sp³-hybridized carbons (Fsp3) is 0.700. The van der Waals surface area contributed by atoms with Crippen molar-refractivity contribution in [2.45, 2.75) is 25.4 Å². The number of nitrogens with zero attached hydrogens (tertiary/aromatic N) is 2. The first-order valence-corrected chi connectivity index (χ1v) is 6.22. The van der Waals surface area contributed by atoms with E-state index in [0.717, 1.165) is 11.3 Å². The molecule has 0 aliphatic heterocycles. The summed E-state index contributed by atoms with van der Waals surface area (Å²) in [5.74, 6) is 0.0210. The number of aromatic nitrogens is 2. The van der Waals surface area contributed by atoms with Gasteiger partial charge in [0, 0.05) is 37.1 Å². The Kier molecular flexibility index (Phi) is 4.88. The molecule has 0 saturated carbocycles. The third-order valence-corrected chi connectivity index (χ3v) is 3.07. The molecule has 0 aliphatic carbocycles. The van der Waals surface area contributed by atoms with Crippen LogP contribution < -0.4 is 5.32 Å². The molecule has 1 rings (SSSR count). The highest BCUT2D eigenvalue weighted by Crippen LogP contribution is 2.29. The molecule has 7 heteroatoms. The second kappa shape index (κ2) is 5.77. The van der Waals surface area contributed by atoms with Crippen LogP contribution in [0.1, 0.15) is 24.2 Å². The minimum atomic E-state index is -4.14. The highest BCUT2D eigenvalue weighted by molar-refractivity contribution is 8.00. The molecule has 0 fully saturated rings. The van der Waals surface area contributed by atoms with Crippen molar-refractivity contribution in [2.75, 3.05) is 12.3 Å². The van der Waals surface area contributed by atoms with Gasteiger partial charge in [0.2, 0.25) is 0 Å². The molecule has 3 nitrogen and oxygen atoms in total. The molecule has 0 aliphatic rings. The van der Waals surface area contributed by atoms with Gasteiger partial charge in [-0.05, 0) is 25.6 Å². The van der Waals surface area contributed by atoms with E-state index in [4.69, 9.17) is 0 Å². The van der Waals surface area contributed by atoms with Crippen molar-refractivity contribution in [2.24, 2.45) is 7.05 Å². The van der Waals surface area contributed by atoms with Crippen molar-refractivity contribution in [3.8, 4) is 0 Å².